The van der Waals surface area contributed by atoms with Gasteiger partial charge in [-0.1, -0.05) is 0 Å². The molecule has 2 fully saturated rings. The zero-order chi connectivity index (χ0) is 15.4. The fourth-order valence-electron chi connectivity index (χ4n) is 2.81. The Hall–Kier alpha value is -1.79. The Morgan fingerprint density at radius 3 is 2.82 bits per heavy atom. The third-order valence-corrected chi connectivity index (χ3v) is 4.04. The van der Waals surface area contributed by atoms with Gasteiger partial charge in [0.2, 0.25) is 0 Å². The van der Waals surface area contributed by atoms with E-state index in [1.807, 2.05) is 18.2 Å². The number of nitrogens with one attached hydrogen (secondary N) is 1. The van der Waals surface area contributed by atoms with Crippen LogP contribution in [0.25, 0.3) is 0 Å². The van der Waals surface area contributed by atoms with E-state index < -0.39 is 0 Å². The molecule has 0 spiro atoms. The molecule has 0 aliphatic carbocycles. The lowest BCUT2D eigenvalue weighted by Crippen LogP contribution is -2.36. The Kier molecular flexibility index (Phi) is 4.80. The van der Waals surface area contributed by atoms with Crippen molar-refractivity contribution in [2.24, 2.45) is 0 Å². The average molecular weight is 306 g/mol. The van der Waals surface area contributed by atoms with E-state index in [1.54, 1.807) is 7.11 Å². The Morgan fingerprint density at radius 2 is 2.14 bits per heavy atom. The van der Waals surface area contributed by atoms with Crippen LogP contribution < -0.4 is 15.0 Å². The van der Waals surface area contributed by atoms with Gasteiger partial charge in [-0.15, -0.1) is 0 Å². The van der Waals surface area contributed by atoms with Gasteiger partial charge in [0.05, 0.1) is 26.0 Å². The summed E-state index contributed by atoms with van der Waals surface area (Å²) in [5, 5.41) is 2.94. The van der Waals surface area contributed by atoms with Crippen LogP contribution in [0.3, 0.4) is 0 Å². The summed E-state index contributed by atoms with van der Waals surface area (Å²) in [5.41, 5.74) is 1.75. The van der Waals surface area contributed by atoms with E-state index in [2.05, 4.69) is 10.2 Å². The van der Waals surface area contributed by atoms with E-state index in [9.17, 15) is 4.79 Å². The maximum absolute atomic E-state index is 12.2. The molecule has 2 aliphatic heterocycles. The summed E-state index contributed by atoms with van der Waals surface area (Å²) in [6.07, 6.45) is 1.36. The van der Waals surface area contributed by atoms with Crippen LogP contribution in [-0.4, -0.2) is 52.0 Å². The van der Waals surface area contributed by atoms with Gasteiger partial charge >= 0.3 is 0 Å². The minimum Gasteiger partial charge on any atom is -0.495 e. The maximum atomic E-state index is 12.2. The number of rotatable bonds is 4. The molecule has 120 valence electrons. The second-order valence-electron chi connectivity index (χ2n) is 5.47. The molecule has 2 saturated heterocycles. The van der Waals surface area contributed by atoms with E-state index >= 15 is 0 Å². The molecule has 0 radical (unpaired) electrons. The van der Waals surface area contributed by atoms with Crippen molar-refractivity contribution in [1.82, 2.24) is 0 Å². The van der Waals surface area contributed by atoms with Gasteiger partial charge in [-0.05, 0) is 31.0 Å². The molecule has 0 bridgehead atoms. The molecule has 2 aliphatic rings. The highest BCUT2D eigenvalue weighted by molar-refractivity contribution is 5.96. The number of anilines is 2. The minimum atomic E-state index is -0.350. The molecule has 1 atom stereocenters. The lowest BCUT2D eigenvalue weighted by atomic mass is 10.2. The Labute approximate surface area is 130 Å². The molecule has 1 unspecified atom stereocenters. The van der Waals surface area contributed by atoms with Gasteiger partial charge < -0.3 is 24.4 Å². The number of benzene rings is 1. The lowest BCUT2D eigenvalue weighted by molar-refractivity contribution is -0.124. The van der Waals surface area contributed by atoms with Gasteiger partial charge in [0, 0.05) is 25.4 Å². The van der Waals surface area contributed by atoms with E-state index in [-0.39, 0.29) is 12.0 Å². The van der Waals surface area contributed by atoms with E-state index in [0.29, 0.717) is 18.0 Å². The SMILES string of the molecule is COc1ccc(N2CCOCC2)cc1NC(=O)C1CCCO1. The van der Waals surface area contributed by atoms with Crippen LogP contribution in [0, 0.1) is 0 Å². The van der Waals surface area contributed by atoms with Gasteiger partial charge in [0.15, 0.2) is 0 Å². The van der Waals surface area contributed by atoms with Crippen LogP contribution >= 0.6 is 0 Å². The van der Waals surface area contributed by atoms with Crippen molar-refractivity contribution < 1.29 is 19.0 Å². The topological polar surface area (TPSA) is 60.0 Å². The highest BCUT2D eigenvalue weighted by Gasteiger charge is 2.24. The van der Waals surface area contributed by atoms with Crippen molar-refractivity contribution in [2.45, 2.75) is 18.9 Å². The van der Waals surface area contributed by atoms with Crippen LogP contribution in [0.1, 0.15) is 12.8 Å². The minimum absolute atomic E-state index is 0.102. The molecule has 1 aromatic carbocycles. The standard InChI is InChI=1S/C16H22N2O4/c1-20-14-5-4-12(18-6-9-21-10-7-18)11-13(14)17-16(19)15-3-2-8-22-15/h4-5,11,15H,2-3,6-10H2,1H3,(H,17,19). The number of carbonyl (C=O) groups is 1. The van der Waals surface area contributed by atoms with Crippen molar-refractivity contribution in [3.63, 3.8) is 0 Å². The zero-order valence-corrected chi connectivity index (χ0v) is 12.8. The predicted octanol–water partition coefficient (Wildman–Crippen LogP) is 1.65. The largest absolute Gasteiger partial charge is 0.495 e. The second kappa shape index (κ2) is 6.98. The molecule has 6 nitrogen and oxygen atoms in total. The van der Waals surface area contributed by atoms with Crippen molar-refractivity contribution in [3.8, 4) is 5.75 Å². The molecular weight excluding hydrogens is 284 g/mol. The number of hydrogen-bond acceptors (Lipinski definition) is 5. The van der Waals surface area contributed by atoms with Crippen LogP contribution in [0.15, 0.2) is 18.2 Å². The van der Waals surface area contributed by atoms with Gasteiger partial charge in [-0.3, -0.25) is 4.79 Å². The summed E-state index contributed by atoms with van der Waals surface area (Å²) in [5.74, 6) is 0.554. The van der Waals surface area contributed by atoms with Crippen molar-refractivity contribution in [3.05, 3.63) is 18.2 Å². The summed E-state index contributed by atoms with van der Waals surface area (Å²) in [4.78, 5) is 14.5. The van der Waals surface area contributed by atoms with Gasteiger partial charge in [-0.2, -0.15) is 0 Å². The first kappa shape index (κ1) is 15.1. The Bertz CT molecular complexity index is 523. The first-order chi connectivity index (χ1) is 10.8. The number of ether oxygens (including phenoxy) is 3. The fraction of sp³-hybridized carbons (Fsp3) is 0.562. The molecule has 6 heteroatoms. The molecule has 3 rings (SSSR count). The first-order valence-corrected chi connectivity index (χ1v) is 7.71. The second-order valence-corrected chi connectivity index (χ2v) is 5.47. The van der Waals surface area contributed by atoms with E-state index in [1.165, 1.54) is 0 Å². The molecule has 1 N–H and O–H groups in total. The predicted molar refractivity (Wildman–Crippen MR) is 83.6 cm³/mol. The fourth-order valence-corrected chi connectivity index (χ4v) is 2.81. The Balaban J connectivity index is 1.76. The quantitative estimate of drug-likeness (QED) is 0.916. The normalized spacial score (nSPS) is 21.7. The highest BCUT2D eigenvalue weighted by atomic mass is 16.5. The van der Waals surface area contributed by atoms with Crippen LogP contribution in [0.5, 0.6) is 5.75 Å². The average Bonchev–Trinajstić information content (AvgIpc) is 3.10. The molecule has 0 aromatic heterocycles. The van der Waals surface area contributed by atoms with Crippen molar-refractivity contribution >= 4 is 17.3 Å². The van der Waals surface area contributed by atoms with Crippen LogP contribution in [0.4, 0.5) is 11.4 Å². The van der Waals surface area contributed by atoms with Crippen molar-refractivity contribution in [1.29, 1.82) is 0 Å². The molecule has 2 heterocycles. The van der Waals surface area contributed by atoms with Crippen LogP contribution in [0.2, 0.25) is 0 Å². The third kappa shape index (κ3) is 3.34. The molecular formula is C16H22N2O4. The van der Waals surface area contributed by atoms with Gasteiger partial charge in [0.25, 0.3) is 5.91 Å². The summed E-state index contributed by atoms with van der Waals surface area (Å²) in [6, 6.07) is 5.85. The Morgan fingerprint density at radius 1 is 1.32 bits per heavy atom. The molecule has 22 heavy (non-hydrogen) atoms. The molecule has 0 saturated carbocycles. The van der Waals surface area contributed by atoms with E-state index in [4.69, 9.17) is 14.2 Å². The third-order valence-electron chi connectivity index (χ3n) is 4.04. The molecule has 1 aromatic rings. The smallest absolute Gasteiger partial charge is 0.253 e. The number of nitrogens with zero attached hydrogens (tertiary/aromatic N) is 1. The van der Waals surface area contributed by atoms with Gasteiger partial charge in [0.1, 0.15) is 11.9 Å². The number of morpholine rings is 1. The maximum Gasteiger partial charge on any atom is 0.253 e. The number of hydrogen-bond donors (Lipinski definition) is 1. The summed E-state index contributed by atoms with van der Waals surface area (Å²) < 4.78 is 16.2. The molecule has 1 amide bonds. The summed E-state index contributed by atoms with van der Waals surface area (Å²) in [7, 11) is 1.60. The lowest BCUT2D eigenvalue weighted by Gasteiger charge is -2.29. The van der Waals surface area contributed by atoms with Crippen molar-refractivity contribution in [2.75, 3.05) is 50.2 Å². The summed E-state index contributed by atoms with van der Waals surface area (Å²) in [6.45, 7) is 3.81. The number of methoxy groups -OCH3 is 1. The zero-order valence-electron chi connectivity index (χ0n) is 12.8. The first-order valence-electron chi connectivity index (χ1n) is 7.71. The number of carbonyl (C=O) groups excluding carboxylic acids is 1. The van der Waals surface area contributed by atoms with E-state index in [0.717, 1.165) is 44.8 Å². The van der Waals surface area contributed by atoms with Crippen LogP contribution in [-0.2, 0) is 14.3 Å². The number of amides is 1. The van der Waals surface area contributed by atoms with Gasteiger partial charge in [-0.25, -0.2) is 0 Å². The monoisotopic (exact) mass is 306 g/mol. The summed E-state index contributed by atoms with van der Waals surface area (Å²) >= 11 is 0. The highest BCUT2D eigenvalue weighted by Crippen LogP contribution is 2.30.